The Hall–Kier alpha value is -3.32. The maximum Gasteiger partial charge on any atom is 0.237 e. The van der Waals surface area contributed by atoms with Crippen LogP contribution in [0.5, 0.6) is 5.75 Å². The van der Waals surface area contributed by atoms with E-state index < -0.39 is 0 Å². The number of anilines is 1. The molecule has 0 aliphatic carbocycles. The first-order valence-corrected chi connectivity index (χ1v) is 10.9. The number of imidazole rings is 1. The minimum absolute atomic E-state index is 0.0873. The summed E-state index contributed by atoms with van der Waals surface area (Å²) in [6, 6.07) is 23.4. The number of nitrogens with zero attached hydrogens (tertiary/aromatic N) is 3. The highest BCUT2D eigenvalue weighted by Gasteiger charge is 2.16. The van der Waals surface area contributed by atoms with Gasteiger partial charge in [-0.15, -0.1) is 0 Å². The van der Waals surface area contributed by atoms with Gasteiger partial charge in [-0.1, -0.05) is 42.1 Å². The Kier molecular flexibility index (Phi) is 6.52. The molecule has 4 rings (SSSR count). The molecule has 5 nitrogen and oxygen atoms in total. The molecule has 0 bridgehead atoms. The monoisotopic (exact) mass is 435 g/mol. The Morgan fingerprint density at radius 3 is 2.52 bits per heavy atom. The lowest BCUT2D eigenvalue weighted by Gasteiger charge is -2.17. The zero-order valence-corrected chi connectivity index (χ0v) is 17.9. The lowest BCUT2D eigenvalue weighted by molar-refractivity contribution is -0.115. The van der Waals surface area contributed by atoms with Gasteiger partial charge in [-0.3, -0.25) is 4.79 Å². The molecule has 0 saturated heterocycles. The second kappa shape index (κ2) is 9.66. The van der Waals surface area contributed by atoms with Crippen LogP contribution >= 0.6 is 11.8 Å². The SMILES string of the molecule is CN(C(=O)CSc1nc2ccccc2n1CCOc1ccccc1)c1ccc(F)cc1. The third-order valence-corrected chi connectivity index (χ3v) is 5.82. The molecule has 0 radical (unpaired) electrons. The molecule has 0 unspecified atom stereocenters. The highest BCUT2D eigenvalue weighted by molar-refractivity contribution is 7.99. The van der Waals surface area contributed by atoms with Gasteiger partial charge in [0.1, 0.15) is 18.2 Å². The highest BCUT2D eigenvalue weighted by Crippen LogP contribution is 2.25. The normalized spacial score (nSPS) is 10.9. The van der Waals surface area contributed by atoms with Crippen molar-refractivity contribution in [1.29, 1.82) is 0 Å². The number of fused-ring (bicyclic) bond motifs is 1. The Labute approximate surface area is 184 Å². The van der Waals surface area contributed by atoms with Gasteiger partial charge in [-0.25, -0.2) is 9.37 Å². The van der Waals surface area contributed by atoms with Crippen LogP contribution in [-0.4, -0.2) is 34.9 Å². The molecule has 0 atom stereocenters. The zero-order valence-electron chi connectivity index (χ0n) is 17.1. The molecule has 158 valence electrons. The second-order valence-electron chi connectivity index (χ2n) is 6.91. The number of hydrogen-bond acceptors (Lipinski definition) is 4. The van der Waals surface area contributed by atoms with Crippen molar-refractivity contribution < 1.29 is 13.9 Å². The van der Waals surface area contributed by atoms with Gasteiger partial charge in [-0.05, 0) is 48.5 Å². The molecule has 4 aromatic rings. The second-order valence-corrected chi connectivity index (χ2v) is 7.86. The first-order valence-electron chi connectivity index (χ1n) is 9.90. The fraction of sp³-hybridized carbons (Fsp3) is 0.167. The lowest BCUT2D eigenvalue weighted by Crippen LogP contribution is -2.28. The number of amides is 1. The molecule has 7 heteroatoms. The first-order chi connectivity index (χ1) is 15.1. The average molecular weight is 436 g/mol. The Morgan fingerprint density at radius 1 is 1.03 bits per heavy atom. The number of halogens is 1. The molecule has 0 aliphatic heterocycles. The number of carbonyl (C=O) groups excluding carboxylic acids is 1. The third kappa shape index (κ3) is 5.06. The standard InChI is InChI=1S/C24H22FN3O2S/c1-27(19-13-11-18(25)12-14-19)23(29)17-31-24-26-21-9-5-6-10-22(21)28(24)15-16-30-20-7-3-2-4-8-20/h2-14H,15-17H2,1H3. The summed E-state index contributed by atoms with van der Waals surface area (Å²) in [7, 11) is 1.69. The molecule has 3 aromatic carbocycles. The minimum atomic E-state index is -0.328. The number of hydrogen-bond donors (Lipinski definition) is 0. The van der Waals surface area contributed by atoms with Gasteiger partial charge in [0, 0.05) is 12.7 Å². The van der Waals surface area contributed by atoms with Crippen LogP contribution < -0.4 is 9.64 Å². The first kappa shape index (κ1) is 20.9. The van der Waals surface area contributed by atoms with Crippen LogP contribution in [-0.2, 0) is 11.3 Å². The quantitative estimate of drug-likeness (QED) is 0.365. The van der Waals surface area contributed by atoms with Crippen molar-refractivity contribution in [3.8, 4) is 5.75 Å². The van der Waals surface area contributed by atoms with E-state index >= 15 is 0 Å². The number of ether oxygens (including phenoxy) is 1. The molecule has 1 heterocycles. The maximum atomic E-state index is 13.1. The fourth-order valence-corrected chi connectivity index (χ4v) is 4.14. The molecule has 1 amide bonds. The van der Waals surface area contributed by atoms with Crippen LogP contribution in [0, 0.1) is 5.82 Å². The number of thioether (sulfide) groups is 1. The Morgan fingerprint density at radius 2 is 1.74 bits per heavy atom. The van der Waals surface area contributed by atoms with Crippen molar-refractivity contribution in [2.45, 2.75) is 11.7 Å². The summed E-state index contributed by atoms with van der Waals surface area (Å²) in [5, 5.41) is 0.763. The van der Waals surface area contributed by atoms with Crippen molar-refractivity contribution in [2.75, 3.05) is 24.3 Å². The highest BCUT2D eigenvalue weighted by atomic mass is 32.2. The van der Waals surface area contributed by atoms with Crippen LogP contribution in [0.3, 0.4) is 0 Å². The summed E-state index contributed by atoms with van der Waals surface area (Å²) < 4.78 is 21.1. The molecular formula is C24H22FN3O2S. The summed E-state index contributed by atoms with van der Waals surface area (Å²) in [4.78, 5) is 18.9. The lowest BCUT2D eigenvalue weighted by atomic mass is 10.3. The molecule has 0 spiro atoms. The largest absolute Gasteiger partial charge is 0.492 e. The summed E-state index contributed by atoms with van der Waals surface area (Å²) in [6.45, 7) is 1.10. The Bertz CT molecular complexity index is 1160. The number of rotatable bonds is 8. The number of aromatic nitrogens is 2. The van der Waals surface area contributed by atoms with E-state index in [1.165, 1.54) is 28.8 Å². The van der Waals surface area contributed by atoms with Crippen LogP contribution in [0.1, 0.15) is 0 Å². The smallest absolute Gasteiger partial charge is 0.237 e. The van der Waals surface area contributed by atoms with Crippen LogP contribution in [0.25, 0.3) is 11.0 Å². The van der Waals surface area contributed by atoms with Gasteiger partial charge in [0.25, 0.3) is 0 Å². The van der Waals surface area contributed by atoms with Gasteiger partial charge in [0.15, 0.2) is 5.16 Å². The van der Waals surface area contributed by atoms with Crippen molar-refractivity contribution in [3.05, 3.63) is 84.7 Å². The van der Waals surface area contributed by atoms with E-state index in [0.29, 0.717) is 18.8 Å². The molecule has 31 heavy (non-hydrogen) atoms. The van der Waals surface area contributed by atoms with E-state index in [-0.39, 0.29) is 17.5 Å². The molecular weight excluding hydrogens is 413 g/mol. The van der Waals surface area contributed by atoms with E-state index in [2.05, 4.69) is 4.57 Å². The summed E-state index contributed by atoms with van der Waals surface area (Å²) in [5.74, 6) is 0.620. The fourth-order valence-electron chi connectivity index (χ4n) is 3.18. The summed E-state index contributed by atoms with van der Waals surface area (Å²) >= 11 is 1.38. The zero-order chi connectivity index (χ0) is 21.6. The van der Waals surface area contributed by atoms with Crippen molar-refractivity contribution in [2.24, 2.45) is 0 Å². The van der Waals surface area contributed by atoms with Gasteiger partial charge < -0.3 is 14.2 Å². The van der Waals surface area contributed by atoms with E-state index in [1.807, 2.05) is 54.6 Å². The topological polar surface area (TPSA) is 47.4 Å². The van der Waals surface area contributed by atoms with Crippen LogP contribution in [0.15, 0.2) is 84.0 Å². The number of carbonyl (C=O) groups is 1. The molecule has 0 N–H and O–H groups in total. The van der Waals surface area contributed by atoms with Gasteiger partial charge in [-0.2, -0.15) is 0 Å². The summed E-state index contributed by atoms with van der Waals surface area (Å²) in [6.07, 6.45) is 0. The van der Waals surface area contributed by atoms with E-state index in [1.54, 1.807) is 19.2 Å². The predicted molar refractivity (Wildman–Crippen MR) is 122 cm³/mol. The summed E-state index contributed by atoms with van der Waals surface area (Å²) in [5.41, 5.74) is 2.53. The average Bonchev–Trinajstić information content (AvgIpc) is 3.16. The predicted octanol–water partition coefficient (Wildman–Crippen LogP) is 5.01. The van der Waals surface area contributed by atoms with Gasteiger partial charge in [0.2, 0.25) is 5.91 Å². The van der Waals surface area contributed by atoms with Gasteiger partial charge in [0.05, 0.1) is 23.3 Å². The minimum Gasteiger partial charge on any atom is -0.492 e. The van der Waals surface area contributed by atoms with Crippen LogP contribution in [0.2, 0.25) is 0 Å². The Balaban J connectivity index is 1.45. The van der Waals surface area contributed by atoms with Crippen molar-refractivity contribution in [1.82, 2.24) is 9.55 Å². The maximum absolute atomic E-state index is 13.1. The molecule has 0 fully saturated rings. The number of benzene rings is 3. The van der Waals surface area contributed by atoms with Crippen molar-refractivity contribution >= 4 is 34.4 Å². The van der Waals surface area contributed by atoms with E-state index in [9.17, 15) is 9.18 Å². The van der Waals surface area contributed by atoms with E-state index in [4.69, 9.17) is 9.72 Å². The van der Waals surface area contributed by atoms with Crippen LogP contribution in [0.4, 0.5) is 10.1 Å². The number of para-hydroxylation sites is 3. The van der Waals surface area contributed by atoms with Crippen molar-refractivity contribution in [3.63, 3.8) is 0 Å². The third-order valence-electron chi connectivity index (χ3n) is 4.86. The van der Waals surface area contributed by atoms with E-state index in [0.717, 1.165) is 21.9 Å². The van der Waals surface area contributed by atoms with Gasteiger partial charge >= 0.3 is 0 Å². The molecule has 1 aromatic heterocycles. The molecule has 0 aliphatic rings. The molecule has 0 saturated carbocycles.